The second kappa shape index (κ2) is 5.71. The Bertz CT molecular complexity index is 476. The van der Waals surface area contributed by atoms with Gasteiger partial charge in [-0.25, -0.2) is 0 Å². The first-order valence-electron chi connectivity index (χ1n) is 5.91. The molecule has 1 aromatic rings. The Morgan fingerprint density at radius 3 is 3.00 bits per heavy atom. The van der Waals surface area contributed by atoms with Gasteiger partial charge in [0.25, 0.3) is 0 Å². The molecular weight excluding hydrogens is 264 g/mol. The van der Waals surface area contributed by atoms with Crippen molar-refractivity contribution in [2.24, 2.45) is 11.7 Å². The molecule has 0 spiro atoms. The van der Waals surface area contributed by atoms with Crippen molar-refractivity contribution in [1.82, 2.24) is 0 Å². The summed E-state index contributed by atoms with van der Waals surface area (Å²) in [7, 11) is 0. The number of thioether (sulfide) groups is 1. The number of carbonyl (C=O) groups excluding carboxylic acids is 1. The lowest BCUT2D eigenvalue weighted by molar-refractivity contribution is -0.118. The van der Waals surface area contributed by atoms with Crippen LogP contribution in [0.25, 0.3) is 0 Å². The summed E-state index contributed by atoms with van der Waals surface area (Å²) in [6.45, 7) is 2.52. The van der Waals surface area contributed by atoms with E-state index in [4.69, 9.17) is 18.0 Å². The fraction of sp³-hybridized carbons (Fsp3) is 0.385. The number of thiocarbonyl (C=S) groups is 1. The number of benzene rings is 1. The van der Waals surface area contributed by atoms with Crippen molar-refractivity contribution in [2.45, 2.75) is 18.2 Å². The van der Waals surface area contributed by atoms with Crippen molar-refractivity contribution in [3.8, 4) is 0 Å². The maximum atomic E-state index is 12.2. The molecule has 1 unspecified atom stereocenters. The molecule has 96 valence electrons. The van der Waals surface area contributed by atoms with E-state index in [1.165, 1.54) is 0 Å². The number of anilines is 1. The highest BCUT2D eigenvalue weighted by Crippen LogP contribution is 2.34. The van der Waals surface area contributed by atoms with Crippen LogP contribution in [-0.4, -0.2) is 23.2 Å². The first-order valence-corrected chi connectivity index (χ1v) is 7.30. The molecule has 3 nitrogen and oxygen atoms in total. The van der Waals surface area contributed by atoms with Gasteiger partial charge in [-0.2, -0.15) is 0 Å². The van der Waals surface area contributed by atoms with Gasteiger partial charge < -0.3 is 10.6 Å². The number of amides is 1. The number of hydrogen-bond donors (Lipinski definition) is 1. The molecule has 1 atom stereocenters. The van der Waals surface area contributed by atoms with Crippen molar-refractivity contribution in [3.05, 3.63) is 24.3 Å². The minimum absolute atomic E-state index is 0.0279. The van der Waals surface area contributed by atoms with E-state index in [1.807, 2.05) is 30.0 Å². The highest BCUT2D eigenvalue weighted by Gasteiger charge is 2.24. The van der Waals surface area contributed by atoms with Crippen molar-refractivity contribution in [3.63, 3.8) is 0 Å². The molecule has 1 aliphatic heterocycles. The number of para-hydroxylation sites is 1. The average Bonchev–Trinajstić information content (AvgIpc) is 2.50. The summed E-state index contributed by atoms with van der Waals surface area (Å²) in [6.07, 6.45) is 0.559. The normalized spacial score (nSPS) is 16.9. The molecule has 18 heavy (non-hydrogen) atoms. The van der Waals surface area contributed by atoms with Gasteiger partial charge in [-0.05, 0) is 12.1 Å². The minimum Gasteiger partial charge on any atom is -0.393 e. The van der Waals surface area contributed by atoms with Gasteiger partial charge in [0, 0.05) is 29.5 Å². The van der Waals surface area contributed by atoms with Crippen LogP contribution < -0.4 is 10.6 Å². The summed E-state index contributed by atoms with van der Waals surface area (Å²) in [5, 5.41) is 0. The number of fused-ring (bicyclic) bond motifs is 1. The zero-order chi connectivity index (χ0) is 13.1. The van der Waals surface area contributed by atoms with E-state index in [-0.39, 0.29) is 11.8 Å². The van der Waals surface area contributed by atoms with Crippen LogP contribution in [0.2, 0.25) is 0 Å². The molecule has 0 saturated carbocycles. The Kier molecular flexibility index (Phi) is 4.24. The standard InChI is InChI=1S/C13H16N2OS2/c1-9(13(14)17)8-15-10-4-2-3-5-11(10)18-7-6-12(15)16/h2-5,9H,6-8H2,1H3,(H2,14,17). The predicted molar refractivity (Wildman–Crippen MR) is 80.1 cm³/mol. The largest absolute Gasteiger partial charge is 0.393 e. The second-order valence-electron chi connectivity index (χ2n) is 4.37. The summed E-state index contributed by atoms with van der Waals surface area (Å²) >= 11 is 6.72. The van der Waals surface area contributed by atoms with Gasteiger partial charge in [0.2, 0.25) is 5.91 Å². The van der Waals surface area contributed by atoms with Gasteiger partial charge >= 0.3 is 0 Å². The van der Waals surface area contributed by atoms with Gasteiger partial charge in [0.15, 0.2) is 0 Å². The highest BCUT2D eigenvalue weighted by atomic mass is 32.2. The Balaban J connectivity index is 2.31. The molecule has 1 aliphatic rings. The molecule has 5 heteroatoms. The van der Waals surface area contributed by atoms with Gasteiger partial charge in [-0.1, -0.05) is 31.3 Å². The van der Waals surface area contributed by atoms with Crippen molar-refractivity contribution in [2.75, 3.05) is 17.2 Å². The quantitative estimate of drug-likeness (QED) is 0.864. The lowest BCUT2D eigenvalue weighted by Gasteiger charge is -2.25. The molecule has 1 amide bonds. The van der Waals surface area contributed by atoms with Crippen molar-refractivity contribution < 1.29 is 4.79 Å². The van der Waals surface area contributed by atoms with E-state index in [2.05, 4.69) is 6.07 Å². The van der Waals surface area contributed by atoms with Gasteiger partial charge in [-0.3, -0.25) is 4.79 Å². The maximum Gasteiger partial charge on any atom is 0.227 e. The molecular formula is C13H16N2OS2. The van der Waals surface area contributed by atoms with Crippen LogP contribution in [0.3, 0.4) is 0 Å². The minimum atomic E-state index is 0.0279. The Morgan fingerprint density at radius 1 is 1.56 bits per heavy atom. The Labute approximate surface area is 117 Å². The van der Waals surface area contributed by atoms with Crippen LogP contribution in [0.4, 0.5) is 5.69 Å². The number of hydrogen-bond acceptors (Lipinski definition) is 3. The van der Waals surface area contributed by atoms with E-state index < -0.39 is 0 Å². The molecule has 1 aromatic carbocycles. The molecule has 0 fully saturated rings. The van der Waals surface area contributed by atoms with Gasteiger partial charge in [-0.15, -0.1) is 11.8 Å². The van der Waals surface area contributed by atoms with Crippen LogP contribution in [0, 0.1) is 5.92 Å². The van der Waals surface area contributed by atoms with E-state index in [1.54, 1.807) is 11.8 Å². The number of nitrogens with zero attached hydrogens (tertiary/aromatic N) is 1. The van der Waals surface area contributed by atoms with Crippen LogP contribution in [0.5, 0.6) is 0 Å². The van der Waals surface area contributed by atoms with Crippen LogP contribution >= 0.6 is 24.0 Å². The molecule has 0 bridgehead atoms. The van der Waals surface area contributed by atoms with E-state index in [0.717, 1.165) is 16.3 Å². The third-order valence-corrected chi connectivity index (χ3v) is 4.44. The van der Waals surface area contributed by atoms with E-state index in [9.17, 15) is 4.79 Å². The molecule has 0 radical (unpaired) electrons. The second-order valence-corrected chi connectivity index (χ2v) is 5.98. The number of carbonyl (C=O) groups is 1. The van der Waals surface area contributed by atoms with Gasteiger partial charge in [0.05, 0.1) is 10.7 Å². The Morgan fingerprint density at radius 2 is 2.28 bits per heavy atom. The fourth-order valence-electron chi connectivity index (χ4n) is 1.88. The summed E-state index contributed by atoms with van der Waals surface area (Å²) in [6, 6.07) is 7.99. The predicted octanol–water partition coefficient (Wildman–Crippen LogP) is 2.44. The number of rotatable bonds is 3. The van der Waals surface area contributed by atoms with Crippen LogP contribution in [0.1, 0.15) is 13.3 Å². The number of nitrogens with two attached hydrogens (primary N) is 1. The first-order chi connectivity index (χ1) is 8.59. The SMILES string of the molecule is CC(CN1C(=O)CCSc2ccccc21)C(N)=S. The molecule has 0 aliphatic carbocycles. The van der Waals surface area contributed by atoms with Crippen LogP contribution in [0.15, 0.2) is 29.2 Å². The lowest BCUT2D eigenvalue weighted by atomic mass is 10.1. The smallest absolute Gasteiger partial charge is 0.227 e. The Hall–Kier alpha value is -1.07. The maximum absolute atomic E-state index is 12.2. The third-order valence-electron chi connectivity index (χ3n) is 2.97. The topological polar surface area (TPSA) is 46.3 Å². The molecule has 2 N–H and O–H groups in total. The molecule has 0 saturated heterocycles. The van der Waals surface area contributed by atoms with Gasteiger partial charge in [0.1, 0.15) is 0 Å². The molecule has 1 heterocycles. The summed E-state index contributed by atoms with van der Waals surface area (Å²) in [5.41, 5.74) is 6.63. The first kappa shape index (κ1) is 13.4. The summed E-state index contributed by atoms with van der Waals surface area (Å²) in [4.78, 5) is 15.6. The lowest BCUT2D eigenvalue weighted by Crippen LogP contribution is -2.38. The van der Waals surface area contributed by atoms with Crippen molar-refractivity contribution >= 4 is 40.6 Å². The van der Waals surface area contributed by atoms with Crippen LogP contribution in [-0.2, 0) is 4.79 Å². The monoisotopic (exact) mass is 280 g/mol. The zero-order valence-electron chi connectivity index (χ0n) is 10.3. The van der Waals surface area contributed by atoms with E-state index in [0.29, 0.717) is 18.0 Å². The highest BCUT2D eigenvalue weighted by molar-refractivity contribution is 7.99. The summed E-state index contributed by atoms with van der Waals surface area (Å²) < 4.78 is 0. The zero-order valence-corrected chi connectivity index (χ0v) is 11.9. The average molecular weight is 280 g/mol. The van der Waals surface area contributed by atoms with E-state index >= 15 is 0 Å². The van der Waals surface area contributed by atoms with Crippen molar-refractivity contribution in [1.29, 1.82) is 0 Å². The molecule has 0 aromatic heterocycles. The third kappa shape index (κ3) is 2.84. The summed E-state index contributed by atoms with van der Waals surface area (Å²) in [5.74, 6) is 1.00. The molecule has 2 rings (SSSR count). The fourth-order valence-corrected chi connectivity index (χ4v) is 2.96.